The van der Waals surface area contributed by atoms with Crippen molar-refractivity contribution in [3.8, 4) is 0 Å². The lowest BCUT2D eigenvalue weighted by atomic mass is 10.1. The van der Waals surface area contributed by atoms with Gasteiger partial charge in [0.2, 0.25) is 0 Å². The van der Waals surface area contributed by atoms with Crippen molar-refractivity contribution in [3.63, 3.8) is 0 Å². The molecule has 126 valence electrons. The summed E-state index contributed by atoms with van der Waals surface area (Å²) in [5.74, 6) is -2.89. The van der Waals surface area contributed by atoms with Gasteiger partial charge in [0, 0.05) is 0 Å². The highest BCUT2D eigenvalue weighted by atomic mass is 19.1. The number of amides is 1. The summed E-state index contributed by atoms with van der Waals surface area (Å²) >= 11 is 0. The van der Waals surface area contributed by atoms with Gasteiger partial charge >= 0.3 is 5.97 Å². The third-order valence-electron chi connectivity index (χ3n) is 3.09. The molecule has 0 saturated carbocycles. The Hall–Kier alpha value is -3.16. The Morgan fingerprint density at radius 2 is 1.92 bits per heavy atom. The maximum Gasteiger partial charge on any atom is 0.338 e. The van der Waals surface area contributed by atoms with E-state index in [1.807, 2.05) is 0 Å². The average Bonchev–Trinajstić information content (AvgIpc) is 2.56. The number of hydrazine groups is 1. The van der Waals surface area contributed by atoms with Crippen molar-refractivity contribution in [2.45, 2.75) is 6.92 Å². The van der Waals surface area contributed by atoms with Crippen LogP contribution in [0.15, 0.2) is 36.4 Å². The number of hydrogen-bond acceptors (Lipinski definition) is 5. The van der Waals surface area contributed by atoms with Gasteiger partial charge in [0.1, 0.15) is 11.6 Å². The van der Waals surface area contributed by atoms with Gasteiger partial charge in [-0.1, -0.05) is 6.07 Å². The zero-order valence-corrected chi connectivity index (χ0v) is 12.7. The number of benzene rings is 2. The number of hydrogen-bond donors (Lipinski definition) is 3. The maximum absolute atomic E-state index is 13.9. The molecular weight excluding hydrogens is 320 g/mol. The first-order valence-electron chi connectivity index (χ1n) is 7.01. The summed E-state index contributed by atoms with van der Waals surface area (Å²) < 4.78 is 32.0. The van der Waals surface area contributed by atoms with Crippen molar-refractivity contribution in [1.82, 2.24) is 5.43 Å². The number of nitrogen functional groups attached to an aromatic ring is 1. The van der Waals surface area contributed by atoms with Crippen molar-refractivity contribution in [1.29, 1.82) is 0 Å². The molecule has 0 heterocycles. The summed E-state index contributed by atoms with van der Waals surface area (Å²) in [4.78, 5) is 23.4. The number of ether oxygens (including phenoxy) is 1. The van der Waals surface area contributed by atoms with E-state index >= 15 is 0 Å². The van der Waals surface area contributed by atoms with Crippen LogP contribution >= 0.6 is 0 Å². The smallest absolute Gasteiger partial charge is 0.338 e. The molecule has 0 aliphatic heterocycles. The van der Waals surface area contributed by atoms with E-state index in [1.54, 1.807) is 6.92 Å². The number of carbonyl (C=O) groups excluding carboxylic acids is 2. The molecule has 0 saturated heterocycles. The summed E-state index contributed by atoms with van der Waals surface area (Å²) in [6.07, 6.45) is 0. The summed E-state index contributed by atoms with van der Waals surface area (Å²) in [6, 6.07) is 7.35. The Balaban J connectivity index is 2.08. The van der Waals surface area contributed by atoms with E-state index in [4.69, 9.17) is 10.5 Å². The summed E-state index contributed by atoms with van der Waals surface area (Å²) in [5, 5.41) is 0. The zero-order chi connectivity index (χ0) is 17.7. The molecule has 8 heteroatoms. The molecular formula is C16H15F2N3O3. The predicted octanol–water partition coefficient (Wildman–Crippen LogP) is 2.48. The summed E-state index contributed by atoms with van der Waals surface area (Å²) in [6.45, 7) is 1.81. The highest BCUT2D eigenvalue weighted by molar-refractivity contribution is 5.99. The van der Waals surface area contributed by atoms with E-state index in [1.165, 1.54) is 24.3 Å². The molecule has 24 heavy (non-hydrogen) atoms. The Morgan fingerprint density at radius 1 is 1.17 bits per heavy atom. The lowest BCUT2D eigenvalue weighted by molar-refractivity contribution is 0.0525. The van der Waals surface area contributed by atoms with Crippen LogP contribution in [-0.4, -0.2) is 18.5 Å². The van der Waals surface area contributed by atoms with Gasteiger partial charge in [-0.2, -0.15) is 0 Å². The number of para-hydroxylation sites is 1. The SMILES string of the molecule is CCOC(=O)c1ccc(NNC(=O)c2cccc(F)c2N)c(F)c1. The largest absolute Gasteiger partial charge is 0.462 e. The van der Waals surface area contributed by atoms with Crippen LogP contribution in [0, 0.1) is 11.6 Å². The van der Waals surface area contributed by atoms with Crippen LogP contribution in [0.5, 0.6) is 0 Å². The van der Waals surface area contributed by atoms with E-state index in [0.29, 0.717) is 0 Å². The van der Waals surface area contributed by atoms with Crippen LogP contribution in [0.2, 0.25) is 0 Å². The molecule has 0 radical (unpaired) electrons. The van der Waals surface area contributed by atoms with Gasteiger partial charge in [-0.3, -0.25) is 15.6 Å². The lowest BCUT2D eigenvalue weighted by Crippen LogP contribution is -2.30. The van der Waals surface area contributed by atoms with Gasteiger partial charge in [0.15, 0.2) is 0 Å². The van der Waals surface area contributed by atoms with Crippen LogP contribution in [0.4, 0.5) is 20.2 Å². The summed E-state index contributed by atoms with van der Waals surface area (Å²) in [5.41, 5.74) is 9.60. The fourth-order valence-electron chi connectivity index (χ4n) is 1.88. The van der Waals surface area contributed by atoms with Crippen LogP contribution in [0.1, 0.15) is 27.6 Å². The lowest BCUT2D eigenvalue weighted by Gasteiger charge is -2.11. The second-order valence-electron chi connectivity index (χ2n) is 4.70. The maximum atomic E-state index is 13.9. The number of nitrogens with one attached hydrogen (secondary N) is 2. The molecule has 2 aromatic carbocycles. The molecule has 0 fully saturated rings. The van der Waals surface area contributed by atoms with Crippen molar-refractivity contribution >= 4 is 23.3 Å². The average molecular weight is 335 g/mol. The van der Waals surface area contributed by atoms with Crippen LogP contribution in [0.3, 0.4) is 0 Å². The third-order valence-corrected chi connectivity index (χ3v) is 3.09. The number of rotatable bonds is 5. The van der Waals surface area contributed by atoms with Crippen molar-refractivity contribution in [2.75, 3.05) is 17.8 Å². The number of nitrogens with two attached hydrogens (primary N) is 1. The Bertz CT molecular complexity index is 781. The Morgan fingerprint density at radius 3 is 2.58 bits per heavy atom. The molecule has 4 N–H and O–H groups in total. The summed E-state index contributed by atoms with van der Waals surface area (Å²) in [7, 11) is 0. The van der Waals surface area contributed by atoms with E-state index < -0.39 is 23.5 Å². The van der Waals surface area contributed by atoms with Crippen LogP contribution < -0.4 is 16.6 Å². The highest BCUT2D eigenvalue weighted by Crippen LogP contribution is 2.17. The van der Waals surface area contributed by atoms with Crippen molar-refractivity contribution in [2.24, 2.45) is 0 Å². The van der Waals surface area contributed by atoms with E-state index in [9.17, 15) is 18.4 Å². The van der Waals surface area contributed by atoms with Gasteiger partial charge in [-0.05, 0) is 37.3 Å². The minimum absolute atomic E-state index is 0.0422. The van der Waals surface area contributed by atoms with Gasteiger partial charge < -0.3 is 10.5 Å². The topological polar surface area (TPSA) is 93.5 Å². The molecule has 0 bridgehead atoms. The minimum Gasteiger partial charge on any atom is -0.462 e. The number of anilines is 2. The first-order valence-corrected chi connectivity index (χ1v) is 7.01. The van der Waals surface area contributed by atoms with Gasteiger partial charge in [0.25, 0.3) is 5.91 Å². The highest BCUT2D eigenvalue weighted by Gasteiger charge is 2.14. The normalized spacial score (nSPS) is 10.1. The Labute approximate surface area is 136 Å². The molecule has 1 amide bonds. The molecule has 2 rings (SSSR count). The molecule has 0 aliphatic carbocycles. The molecule has 0 aromatic heterocycles. The van der Waals surface area contributed by atoms with Crippen LogP contribution in [0.25, 0.3) is 0 Å². The molecule has 0 spiro atoms. The molecule has 2 aromatic rings. The fraction of sp³-hybridized carbons (Fsp3) is 0.125. The first-order chi connectivity index (χ1) is 11.4. The molecule has 0 unspecified atom stereocenters. The second kappa shape index (κ2) is 7.40. The Kier molecular flexibility index (Phi) is 5.31. The number of halogens is 2. The van der Waals surface area contributed by atoms with Crippen molar-refractivity contribution in [3.05, 3.63) is 59.2 Å². The van der Waals surface area contributed by atoms with Gasteiger partial charge in [0.05, 0.1) is 29.1 Å². The minimum atomic E-state index is -0.770. The number of carbonyl (C=O) groups is 2. The van der Waals surface area contributed by atoms with Gasteiger partial charge in [-0.15, -0.1) is 0 Å². The standard InChI is InChI=1S/C16H15F2N3O3/c1-2-24-16(23)9-6-7-13(12(18)8-9)20-21-15(22)10-4-3-5-11(17)14(10)19/h3-8,20H,2,19H2,1H3,(H,21,22). The molecule has 0 atom stereocenters. The van der Waals surface area contributed by atoms with E-state index in [0.717, 1.165) is 12.1 Å². The van der Waals surface area contributed by atoms with E-state index in [-0.39, 0.29) is 29.1 Å². The first kappa shape index (κ1) is 17.2. The quantitative estimate of drug-likeness (QED) is 0.443. The number of esters is 1. The van der Waals surface area contributed by atoms with Crippen LogP contribution in [-0.2, 0) is 4.74 Å². The van der Waals surface area contributed by atoms with Gasteiger partial charge in [-0.25, -0.2) is 13.6 Å². The van der Waals surface area contributed by atoms with E-state index in [2.05, 4.69) is 10.9 Å². The monoisotopic (exact) mass is 335 g/mol. The zero-order valence-electron chi connectivity index (χ0n) is 12.7. The predicted molar refractivity (Wildman–Crippen MR) is 84.3 cm³/mol. The fourth-order valence-corrected chi connectivity index (χ4v) is 1.88. The van der Waals surface area contributed by atoms with Crippen molar-refractivity contribution < 1.29 is 23.1 Å². The molecule has 6 nitrogen and oxygen atoms in total. The molecule has 0 aliphatic rings. The third kappa shape index (κ3) is 3.78. The second-order valence-corrected chi connectivity index (χ2v) is 4.70.